The van der Waals surface area contributed by atoms with E-state index >= 15 is 0 Å². The summed E-state index contributed by atoms with van der Waals surface area (Å²) in [6.07, 6.45) is 2.24. The molecule has 6 rings (SSSR count). The maximum absolute atomic E-state index is 2.60. The Morgan fingerprint density at radius 1 is 0.774 bits per heavy atom. The fourth-order valence-corrected chi connectivity index (χ4v) is 7.92. The summed E-state index contributed by atoms with van der Waals surface area (Å²) in [5, 5.41) is 6.88. The molecule has 2 nitrogen and oxygen atoms in total. The third-order valence-electron chi connectivity index (χ3n) is 7.38. The van der Waals surface area contributed by atoms with Crippen molar-refractivity contribution in [2.75, 3.05) is 0 Å². The third-order valence-corrected chi connectivity index (χ3v) is 11.6. The van der Waals surface area contributed by atoms with Crippen LogP contribution in [0.2, 0.25) is 17.3 Å². The molecule has 3 heterocycles. The van der Waals surface area contributed by atoms with Crippen molar-refractivity contribution in [3.63, 3.8) is 0 Å². The molecule has 0 atom stereocenters. The molecular formula is C28H29GeN2+. The molecule has 154 valence electrons. The summed E-state index contributed by atoms with van der Waals surface area (Å²) in [6.45, 7) is 6.78. The van der Waals surface area contributed by atoms with E-state index in [1.807, 2.05) is 0 Å². The van der Waals surface area contributed by atoms with Crippen LogP contribution in [0.1, 0.15) is 16.7 Å². The summed E-state index contributed by atoms with van der Waals surface area (Å²) in [7, 11) is 2.19. The summed E-state index contributed by atoms with van der Waals surface area (Å²) in [6, 6.07) is 16.6. The van der Waals surface area contributed by atoms with Crippen LogP contribution in [0.4, 0.5) is 0 Å². The molecule has 0 fully saturated rings. The number of rotatable bonds is 1. The molecule has 0 saturated heterocycles. The van der Waals surface area contributed by atoms with Gasteiger partial charge in [-0.15, -0.1) is 0 Å². The Morgan fingerprint density at radius 2 is 1.45 bits per heavy atom. The number of hydrogen-bond acceptors (Lipinski definition) is 0. The standard InChI is InChI=1S/C28H29GeN2/c1-16-8-10-21-22-11-9-17(2)24-27(22)31(26(21)18(16)3)23-15-20(29(4,5)6)14-19-12-13-30(7)28(24)25(19)23/h8-15H,1-7H3/q+1. The Hall–Kier alpha value is -2.59. The molecule has 0 bridgehead atoms. The normalized spacial score (nSPS) is 13.0. The predicted molar refractivity (Wildman–Crippen MR) is 137 cm³/mol. The van der Waals surface area contributed by atoms with E-state index in [9.17, 15) is 0 Å². The van der Waals surface area contributed by atoms with Crippen LogP contribution in [0.3, 0.4) is 0 Å². The average molecular weight is 466 g/mol. The molecule has 0 spiro atoms. The minimum atomic E-state index is -2.03. The zero-order valence-electron chi connectivity index (χ0n) is 19.5. The van der Waals surface area contributed by atoms with Crippen molar-refractivity contribution in [1.82, 2.24) is 4.40 Å². The Morgan fingerprint density at radius 3 is 2.16 bits per heavy atom. The second-order valence-electron chi connectivity index (χ2n) is 10.4. The number of aromatic nitrogens is 2. The molecule has 0 aliphatic heterocycles. The first-order valence-corrected chi connectivity index (χ1v) is 18.5. The number of pyridine rings is 2. The fourth-order valence-electron chi connectivity index (χ4n) is 5.49. The summed E-state index contributed by atoms with van der Waals surface area (Å²) in [5.41, 5.74) is 9.56. The first-order chi connectivity index (χ1) is 14.7. The Kier molecular flexibility index (Phi) is 3.71. The molecule has 31 heavy (non-hydrogen) atoms. The van der Waals surface area contributed by atoms with Crippen molar-refractivity contribution in [3.05, 3.63) is 65.4 Å². The number of hydrogen-bond donors (Lipinski definition) is 0. The van der Waals surface area contributed by atoms with Crippen molar-refractivity contribution >= 4 is 66.7 Å². The van der Waals surface area contributed by atoms with Gasteiger partial charge >= 0.3 is 186 Å². The summed E-state index contributed by atoms with van der Waals surface area (Å²) in [5.74, 6) is 7.49. The van der Waals surface area contributed by atoms with Crippen molar-refractivity contribution in [3.8, 4) is 0 Å². The molecule has 0 unspecified atom stereocenters. The second kappa shape index (κ2) is 6.01. The number of aryl methyl sites for hydroxylation is 4. The van der Waals surface area contributed by atoms with Crippen molar-refractivity contribution in [2.24, 2.45) is 7.05 Å². The quantitative estimate of drug-likeness (QED) is 0.117. The number of fused-ring (bicyclic) bond motifs is 5. The summed E-state index contributed by atoms with van der Waals surface area (Å²) in [4.78, 5) is 0. The minimum absolute atomic E-state index is 1.34. The molecule has 3 aromatic heterocycles. The van der Waals surface area contributed by atoms with Gasteiger partial charge in [-0.25, -0.2) is 0 Å². The Bertz CT molecular complexity index is 1700. The molecule has 0 aliphatic carbocycles. The van der Waals surface area contributed by atoms with E-state index < -0.39 is 13.3 Å². The van der Waals surface area contributed by atoms with E-state index in [1.54, 1.807) is 4.40 Å². The first-order valence-electron chi connectivity index (χ1n) is 11.2. The van der Waals surface area contributed by atoms with Crippen LogP contribution in [-0.4, -0.2) is 17.7 Å². The van der Waals surface area contributed by atoms with Crippen LogP contribution in [0.15, 0.2) is 48.7 Å². The molecule has 0 amide bonds. The predicted octanol–water partition coefficient (Wildman–Crippen LogP) is 6.28. The van der Waals surface area contributed by atoms with E-state index in [2.05, 4.69) is 103 Å². The topological polar surface area (TPSA) is 8.29 Å². The van der Waals surface area contributed by atoms with E-state index in [1.165, 1.54) is 65.7 Å². The van der Waals surface area contributed by atoms with Gasteiger partial charge in [0.1, 0.15) is 0 Å². The van der Waals surface area contributed by atoms with Gasteiger partial charge < -0.3 is 0 Å². The zero-order valence-corrected chi connectivity index (χ0v) is 21.6. The van der Waals surface area contributed by atoms with Gasteiger partial charge in [0.25, 0.3) is 0 Å². The van der Waals surface area contributed by atoms with Crippen LogP contribution in [0, 0.1) is 20.8 Å². The summed E-state index contributed by atoms with van der Waals surface area (Å²) < 4.78 is 6.49. The second-order valence-corrected chi connectivity index (χ2v) is 21.0. The Balaban J connectivity index is 2.09. The van der Waals surface area contributed by atoms with Gasteiger partial charge in [0.05, 0.1) is 0 Å². The molecular weight excluding hydrogens is 437 g/mol. The number of nitrogens with zero attached hydrogens (tertiary/aromatic N) is 2. The SMILES string of the molecule is Cc1ccc2c3ccc(C)c4c3n(c3c[c]([Ge]([CH3])([CH3])[CH3])cc5cc[n+](C)c4c53)c2c1C. The average Bonchev–Trinajstić information content (AvgIpc) is 3.05. The van der Waals surface area contributed by atoms with Crippen LogP contribution >= 0.6 is 0 Å². The summed E-state index contributed by atoms with van der Waals surface area (Å²) >= 11 is -2.03. The van der Waals surface area contributed by atoms with Crippen LogP contribution in [-0.2, 0) is 7.05 Å². The molecule has 0 aliphatic rings. The maximum atomic E-state index is 2.60. The van der Waals surface area contributed by atoms with Crippen molar-refractivity contribution < 1.29 is 4.57 Å². The molecule has 0 radical (unpaired) electrons. The fraction of sp³-hybridized carbons (Fsp3) is 0.250. The van der Waals surface area contributed by atoms with Gasteiger partial charge in [0, 0.05) is 0 Å². The van der Waals surface area contributed by atoms with E-state index in [-0.39, 0.29) is 0 Å². The molecule has 0 N–H and O–H groups in total. The molecule has 3 heteroatoms. The van der Waals surface area contributed by atoms with E-state index in [0.717, 1.165) is 0 Å². The zero-order chi connectivity index (χ0) is 21.8. The van der Waals surface area contributed by atoms with Gasteiger partial charge in [-0.2, -0.15) is 0 Å². The van der Waals surface area contributed by atoms with Crippen LogP contribution in [0.25, 0.3) is 49.0 Å². The van der Waals surface area contributed by atoms with Gasteiger partial charge in [0.2, 0.25) is 0 Å². The molecule has 0 saturated carbocycles. The van der Waals surface area contributed by atoms with Gasteiger partial charge in [0.15, 0.2) is 0 Å². The monoisotopic (exact) mass is 467 g/mol. The van der Waals surface area contributed by atoms with Gasteiger partial charge in [-0.3, -0.25) is 0 Å². The van der Waals surface area contributed by atoms with Crippen LogP contribution < -0.4 is 8.96 Å². The molecule has 3 aromatic carbocycles. The van der Waals surface area contributed by atoms with Gasteiger partial charge in [-0.1, -0.05) is 0 Å². The van der Waals surface area contributed by atoms with Crippen molar-refractivity contribution in [1.29, 1.82) is 0 Å². The van der Waals surface area contributed by atoms with Gasteiger partial charge in [-0.05, 0) is 0 Å². The first kappa shape index (κ1) is 19.1. The van der Waals surface area contributed by atoms with E-state index in [0.29, 0.717) is 0 Å². The third kappa shape index (κ3) is 2.37. The number of benzene rings is 3. The van der Waals surface area contributed by atoms with Crippen molar-refractivity contribution in [2.45, 2.75) is 38.0 Å². The molecule has 6 aromatic rings. The Labute approximate surface area is 185 Å². The van der Waals surface area contributed by atoms with E-state index in [4.69, 9.17) is 0 Å². The van der Waals surface area contributed by atoms with Crippen LogP contribution in [0.5, 0.6) is 0 Å².